The van der Waals surface area contributed by atoms with Gasteiger partial charge in [0, 0.05) is 23.6 Å². The molecule has 0 aliphatic rings. The maximum atomic E-state index is 12.8. The maximum absolute atomic E-state index is 12.8. The van der Waals surface area contributed by atoms with Gasteiger partial charge in [0.2, 0.25) is 5.95 Å². The summed E-state index contributed by atoms with van der Waals surface area (Å²) in [5.74, 6) is 1.74. The summed E-state index contributed by atoms with van der Waals surface area (Å²) >= 11 is 0. The van der Waals surface area contributed by atoms with Crippen LogP contribution in [0.3, 0.4) is 0 Å². The largest absolute Gasteiger partial charge is 0.493 e. The molecule has 1 aromatic heterocycles. The summed E-state index contributed by atoms with van der Waals surface area (Å²) in [4.78, 5) is 8.31. The molecule has 2 N–H and O–H groups in total. The van der Waals surface area contributed by atoms with Gasteiger partial charge in [-0.1, -0.05) is 6.07 Å². The van der Waals surface area contributed by atoms with Crippen LogP contribution < -0.4 is 20.1 Å². The lowest BCUT2D eigenvalue weighted by molar-refractivity contribution is -0.137. The van der Waals surface area contributed by atoms with Gasteiger partial charge < -0.3 is 20.1 Å². The van der Waals surface area contributed by atoms with Crippen LogP contribution in [0, 0.1) is 0 Å². The number of nitrogens with zero attached hydrogens (tertiary/aromatic N) is 2. The van der Waals surface area contributed by atoms with E-state index < -0.39 is 11.7 Å². The van der Waals surface area contributed by atoms with Gasteiger partial charge in [-0.15, -0.1) is 0 Å². The smallest absolute Gasteiger partial charge is 0.416 e. The second-order valence-corrected chi connectivity index (χ2v) is 5.66. The van der Waals surface area contributed by atoms with E-state index in [0.717, 1.165) is 12.1 Å². The maximum Gasteiger partial charge on any atom is 0.416 e. The second-order valence-electron chi connectivity index (χ2n) is 5.66. The molecule has 0 amide bonds. The first-order chi connectivity index (χ1) is 13.4. The highest BCUT2D eigenvalue weighted by Crippen LogP contribution is 2.32. The summed E-state index contributed by atoms with van der Waals surface area (Å²) in [6.45, 7) is 0. The predicted octanol–water partition coefficient (Wildman–Crippen LogP) is 5.00. The van der Waals surface area contributed by atoms with Crippen molar-refractivity contribution < 1.29 is 22.6 Å². The first-order valence-electron chi connectivity index (χ1n) is 8.15. The molecule has 0 fully saturated rings. The first kappa shape index (κ1) is 19.3. The molecule has 28 heavy (non-hydrogen) atoms. The number of hydrogen-bond donors (Lipinski definition) is 2. The van der Waals surface area contributed by atoms with E-state index >= 15 is 0 Å². The third kappa shape index (κ3) is 4.61. The summed E-state index contributed by atoms with van der Waals surface area (Å²) in [7, 11) is 3.07. The summed E-state index contributed by atoms with van der Waals surface area (Å²) in [5, 5.41) is 5.86. The molecule has 0 saturated carbocycles. The minimum absolute atomic E-state index is 0.157. The molecular weight excluding hydrogens is 373 g/mol. The number of anilines is 4. The lowest BCUT2D eigenvalue weighted by Gasteiger charge is -2.12. The standard InChI is InChI=1S/C19H17F3N4O2/c1-27-15-7-6-14(11-16(15)28-2)24-17-8-9-23-18(26-17)25-13-5-3-4-12(10-13)19(20,21)22/h3-11H,1-2H3,(H2,23,24,25,26). The van der Waals surface area contributed by atoms with Crippen LogP contribution in [0.4, 0.5) is 36.3 Å². The minimum Gasteiger partial charge on any atom is -0.493 e. The van der Waals surface area contributed by atoms with E-state index in [1.807, 2.05) is 0 Å². The number of benzene rings is 2. The Bertz CT molecular complexity index is 964. The molecule has 0 aliphatic carbocycles. The van der Waals surface area contributed by atoms with Crippen molar-refractivity contribution in [1.82, 2.24) is 9.97 Å². The summed E-state index contributed by atoms with van der Waals surface area (Å²) in [6, 6.07) is 11.7. The van der Waals surface area contributed by atoms with Crippen LogP contribution in [0.2, 0.25) is 0 Å². The van der Waals surface area contributed by atoms with E-state index in [0.29, 0.717) is 23.0 Å². The van der Waals surface area contributed by atoms with Crippen molar-refractivity contribution >= 4 is 23.1 Å². The quantitative estimate of drug-likeness (QED) is 0.617. The van der Waals surface area contributed by atoms with Crippen LogP contribution in [0.15, 0.2) is 54.7 Å². The Labute approximate surface area is 159 Å². The van der Waals surface area contributed by atoms with E-state index in [1.165, 1.54) is 25.4 Å². The van der Waals surface area contributed by atoms with Crippen LogP contribution in [-0.4, -0.2) is 24.2 Å². The number of methoxy groups -OCH3 is 2. The Morgan fingerprint density at radius 3 is 2.32 bits per heavy atom. The molecule has 3 rings (SSSR count). The SMILES string of the molecule is COc1ccc(Nc2ccnc(Nc3cccc(C(F)(F)F)c3)n2)cc1OC. The van der Waals surface area contributed by atoms with Gasteiger partial charge in [-0.05, 0) is 36.4 Å². The van der Waals surface area contributed by atoms with Crippen molar-refractivity contribution in [2.24, 2.45) is 0 Å². The summed E-state index contributed by atoms with van der Waals surface area (Å²) in [5.41, 5.74) is 0.177. The highest BCUT2D eigenvalue weighted by Gasteiger charge is 2.30. The molecule has 9 heteroatoms. The van der Waals surface area contributed by atoms with Crippen LogP contribution in [0.25, 0.3) is 0 Å². The normalized spacial score (nSPS) is 11.0. The monoisotopic (exact) mass is 390 g/mol. The Balaban J connectivity index is 1.78. The molecule has 6 nitrogen and oxygen atoms in total. The van der Waals surface area contributed by atoms with Gasteiger partial charge in [-0.2, -0.15) is 18.2 Å². The molecule has 0 saturated heterocycles. The number of alkyl halides is 3. The van der Waals surface area contributed by atoms with Crippen molar-refractivity contribution in [3.8, 4) is 11.5 Å². The van der Waals surface area contributed by atoms with Gasteiger partial charge >= 0.3 is 6.18 Å². The van der Waals surface area contributed by atoms with Crippen LogP contribution in [0.5, 0.6) is 11.5 Å². The zero-order valence-electron chi connectivity index (χ0n) is 15.0. The fraction of sp³-hybridized carbons (Fsp3) is 0.158. The molecule has 0 spiro atoms. The topological polar surface area (TPSA) is 68.3 Å². The van der Waals surface area contributed by atoms with E-state index in [-0.39, 0.29) is 11.6 Å². The van der Waals surface area contributed by atoms with E-state index in [4.69, 9.17) is 9.47 Å². The van der Waals surface area contributed by atoms with E-state index in [9.17, 15) is 13.2 Å². The second kappa shape index (κ2) is 8.03. The number of rotatable bonds is 6. The highest BCUT2D eigenvalue weighted by molar-refractivity contribution is 5.63. The van der Waals surface area contributed by atoms with Crippen LogP contribution >= 0.6 is 0 Å². The van der Waals surface area contributed by atoms with Crippen molar-refractivity contribution in [2.45, 2.75) is 6.18 Å². The van der Waals surface area contributed by atoms with E-state index in [2.05, 4.69) is 20.6 Å². The number of aromatic nitrogens is 2. The fourth-order valence-corrected chi connectivity index (χ4v) is 2.45. The molecule has 1 heterocycles. The summed E-state index contributed by atoms with van der Waals surface area (Å²) in [6.07, 6.45) is -2.93. The van der Waals surface area contributed by atoms with Crippen LogP contribution in [0.1, 0.15) is 5.56 Å². The van der Waals surface area contributed by atoms with Crippen molar-refractivity contribution in [1.29, 1.82) is 0 Å². The Morgan fingerprint density at radius 2 is 1.61 bits per heavy atom. The van der Waals surface area contributed by atoms with Gasteiger partial charge in [0.05, 0.1) is 19.8 Å². The van der Waals surface area contributed by atoms with Gasteiger partial charge in [0.15, 0.2) is 11.5 Å². The third-order valence-corrected chi connectivity index (χ3v) is 3.76. The lowest BCUT2D eigenvalue weighted by Crippen LogP contribution is -2.06. The molecule has 3 aromatic rings. The molecular formula is C19H17F3N4O2. The average Bonchev–Trinajstić information content (AvgIpc) is 2.68. The van der Waals surface area contributed by atoms with E-state index in [1.54, 1.807) is 31.4 Å². The van der Waals surface area contributed by atoms with Crippen molar-refractivity contribution in [3.63, 3.8) is 0 Å². The summed E-state index contributed by atoms with van der Waals surface area (Å²) < 4.78 is 49.0. The number of hydrogen-bond acceptors (Lipinski definition) is 6. The van der Waals surface area contributed by atoms with Crippen molar-refractivity contribution in [3.05, 3.63) is 60.3 Å². The molecule has 2 aromatic carbocycles. The molecule has 146 valence electrons. The van der Waals surface area contributed by atoms with Gasteiger partial charge in [-0.3, -0.25) is 0 Å². The fourth-order valence-electron chi connectivity index (χ4n) is 2.45. The minimum atomic E-state index is -4.42. The number of nitrogens with one attached hydrogen (secondary N) is 2. The number of halogens is 3. The zero-order chi connectivity index (χ0) is 20.1. The van der Waals surface area contributed by atoms with Crippen molar-refractivity contribution in [2.75, 3.05) is 24.9 Å². The Kier molecular flexibility index (Phi) is 5.53. The lowest BCUT2D eigenvalue weighted by atomic mass is 10.2. The molecule has 0 aliphatic heterocycles. The molecule has 0 radical (unpaired) electrons. The number of ether oxygens (including phenoxy) is 2. The molecule has 0 bridgehead atoms. The highest BCUT2D eigenvalue weighted by atomic mass is 19.4. The predicted molar refractivity (Wildman–Crippen MR) is 99.6 cm³/mol. The Hall–Kier alpha value is -3.49. The van der Waals surface area contributed by atoms with Gasteiger partial charge in [0.1, 0.15) is 5.82 Å². The van der Waals surface area contributed by atoms with Gasteiger partial charge in [0.25, 0.3) is 0 Å². The average molecular weight is 390 g/mol. The van der Waals surface area contributed by atoms with Crippen LogP contribution in [-0.2, 0) is 6.18 Å². The third-order valence-electron chi connectivity index (χ3n) is 3.76. The molecule has 0 atom stereocenters. The zero-order valence-corrected chi connectivity index (χ0v) is 15.0. The molecule has 0 unspecified atom stereocenters. The Morgan fingerprint density at radius 1 is 0.857 bits per heavy atom. The first-order valence-corrected chi connectivity index (χ1v) is 8.15. The van der Waals surface area contributed by atoms with Gasteiger partial charge in [-0.25, -0.2) is 4.98 Å².